The monoisotopic (exact) mass is 633 g/mol. The van der Waals surface area contributed by atoms with Gasteiger partial charge in [-0.15, -0.1) is 0 Å². The van der Waals surface area contributed by atoms with E-state index in [0.717, 1.165) is 16.0 Å². The predicted molar refractivity (Wildman–Crippen MR) is 172 cm³/mol. The molecule has 1 unspecified atom stereocenters. The molecule has 0 spiro atoms. The lowest BCUT2D eigenvalue weighted by Gasteiger charge is -2.24. The molecule has 0 aliphatic carbocycles. The number of anilines is 2. The number of hydrogen-bond acceptors (Lipinski definition) is 8. The fourth-order valence-corrected chi connectivity index (χ4v) is 4.90. The summed E-state index contributed by atoms with van der Waals surface area (Å²) >= 11 is 0. The van der Waals surface area contributed by atoms with Crippen molar-refractivity contribution < 1.29 is 38.2 Å². The average Bonchev–Trinajstić information content (AvgIpc) is 3.32. The van der Waals surface area contributed by atoms with E-state index in [2.05, 4.69) is 10.6 Å². The lowest BCUT2D eigenvalue weighted by molar-refractivity contribution is -0.151. The first-order valence-corrected chi connectivity index (χ1v) is 14.7. The predicted octanol–water partition coefficient (Wildman–Crippen LogP) is 4.49. The minimum Gasteiger partial charge on any atom is -0.454 e. The average molecular weight is 634 g/mol. The Morgan fingerprint density at radius 1 is 0.660 bits per heavy atom. The largest absolute Gasteiger partial charge is 0.454 e. The number of imide groups is 1. The summed E-state index contributed by atoms with van der Waals surface area (Å²) in [6.45, 7) is 2.59. The summed E-state index contributed by atoms with van der Waals surface area (Å²) in [5.41, 5.74) is 3.51. The Kier molecular flexibility index (Phi) is 9.85. The fourth-order valence-electron chi connectivity index (χ4n) is 4.90. The van der Waals surface area contributed by atoms with E-state index in [9.17, 15) is 28.8 Å². The number of rotatable bonds is 11. The normalized spacial score (nSPS) is 12.6. The van der Waals surface area contributed by atoms with Crippen molar-refractivity contribution in [2.24, 2.45) is 0 Å². The Bertz CT molecular complexity index is 1840. The number of nitrogens with one attached hydrogen (secondary N) is 2. The van der Waals surface area contributed by atoms with Gasteiger partial charge in [-0.1, -0.05) is 65.7 Å². The van der Waals surface area contributed by atoms with Crippen LogP contribution in [0.4, 0.5) is 11.4 Å². The molecule has 11 heteroatoms. The molecule has 0 saturated carbocycles. The van der Waals surface area contributed by atoms with E-state index in [1.54, 1.807) is 54.6 Å². The molecule has 0 radical (unpaired) electrons. The van der Waals surface area contributed by atoms with Crippen LogP contribution in [-0.4, -0.2) is 59.7 Å². The van der Waals surface area contributed by atoms with E-state index < -0.39 is 54.8 Å². The van der Waals surface area contributed by atoms with Crippen molar-refractivity contribution >= 4 is 46.9 Å². The maximum absolute atomic E-state index is 13.6. The zero-order valence-corrected chi connectivity index (χ0v) is 25.6. The van der Waals surface area contributed by atoms with Crippen LogP contribution in [-0.2, 0) is 30.3 Å². The number of esters is 2. The second-order valence-electron chi connectivity index (χ2n) is 11.0. The number of aryl methyl sites for hydroxylation is 2. The number of ether oxygens (including phenoxy) is 2. The van der Waals surface area contributed by atoms with Crippen LogP contribution in [0.1, 0.15) is 47.8 Å². The molecule has 4 aromatic rings. The molecular formula is C36H31N3O8. The van der Waals surface area contributed by atoms with E-state index in [1.165, 1.54) is 18.2 Å². The maximum atomic E-state index is 13.6. The summed E-state index contributed by atoms with van der Waals surface area (Å²) in [6, 6.07) is 25.2. The van der Waals surface area contributed by atoms with E-state index in [4.69, 9.17) is 9.47 Å². The third kappa shape index (κ3) is 7.95. The zero-order valence-electron chi connectivity index (χ0n) is 25.6. The number of hydrogen-bond donors (Lipinski definition) is 2. The first-order valence-electron chi connectivity index (χ1n) is 14.7. The van der Waals surface area contributed by atoms with Gasteiger partial charge in [0.05, 0.1) is 16.7 Å². The van der Waals surface area contributed by atoms with Gasteiger partial charge in [-0.25, -0.2) is 9.59 Å². The van der Waals surface area contributed by atoms with Crippen LogP contribution >= 0.6 is 0 Å². The summed E-state index contributed by atoms with van der Waals surface area (Å²) in [5, 5.41) is 5.25. The van der Waals surface area contributed by atoms with Crippen molar-refractivity contribution in [3.05, 3.63) is 130 Å². The van der Waals surface area contributed by atoms with Gasteiger partial charge >= 0.3 is 11.9 Å². The molecule has 0 saturated heterocycles. The number of nitrogens with zero attached hydrogens (tertiary/aromatic N) is 1. The standard InChI is InChI=1S/C36H31N3O8/c1-22-8-13-26(14-9-22)37-31(40)20-46-35(44)25-12-17-28-29(19-25)34(43)39(33(28)42)30(18-24-6-4-3-5-7-24)36(45)47-21-32(41)38-27-15-10-23(2)11-16-27/h3-17,19,30H,18,20-21H2,1-2H3,(H,37,40)(H,38,41). The van der Waals surface area contributed by atoms with E-state index in [-0.39, 0.29) is 23.1 Å². The second-order valence-corrected chi connectivity index (χ2v) is 11.0. The Hall–Kier alpha value is -6.10. The van der Waals surface area contributed by atoms with Crippen molar-refractivity contribution in [1.82, 2.24) is 4.90 Å². The van der Waals surface area contributed by atoms with Gasteiger partial charge in [-0.05, 0) is 61.9 Å². The quantitative estimate of drug-likeness (QED) is 0.181. The SMILES string of the molecule is Cc1ccc(NC(=O)COC(=O)c2ccc3c(c2)C(=O)N(C(Cc2ccccc2)C(=O)OCC(=O)Nc2ccc(C)cc2)C3=O)cc1. The third-order valence-electron chi connectivity index (χ3n) is 7.36. The lowest BCUT2D eigenvalue weighted by atomic mass is 10.0. The van der Waals surface area contributed by atoms with Crippen LogP contribution in [0.2, 0.25) is 0 Å². The van der Waals surface area contributed by atoms with E-state index >= 15 is 0 Å². The molecule has 2 N–H and O–H groups in total. The molecule has 5 rings (SSSR count). The van der Waals surface area contributed by atoms with Crippen LogP contribution in [0.25, 0.3) is 0 Å². The van der Waals surface area contributed by atoms with Crippen LogP contribution in [0.15, 0.2) is 97.1 Å². The van der Waals surface area contributed by atoms with Crippen molar-refractivity contribution in [2.75, 3.05) is 23.8 Å². The summed E-state index contributed by atoms with van der Waals surface area (Å²) in [5.74, 6) is -4.58. The highest BCUT2D eigenvalue weighted by Crippen LogP contribution is 2.28. The third-order valence-corrected chi connectivity index (χ3v) is 7.36. The van der Waals surface area contributed by atoms with Crippen molar-refractivity contribution in [2.45, 2.75) is 26.3 Å². The molecule has 238 valence electrons. The second kappa shape index (κ2) is 14.3. The van der Waals surface area contributed by atoms with Gasteiger partial charge in [0.15, 0.2) is 13.2 Å². The first kappa shape index (κ1) is 32.3. The van der Waals surface area contributed by atoms with Crippen LogP contribution in [0, 0.1) is 13.8 Å². The van der Waals surface area contributed by atoms with Gasteiger partial charge in [0.25, 0.3) is 23.6 Å². The van der Waals surface area contributed by atoms with Gasteiger partial charge in [0, 0.05) is 17.8 Å². The molecule has 0 bridgehead atoms. The molecule has 1 atom stereocenters. The first-order chi connectivity index (χ1) is 22.6. The number of fused-ring (bicyclic) bond motifs is 1. The molecule has 4 amide bonds. The van der Waals surface area contributed by atoms with Gasteiger partial charge < -0.3 is 20.1 Å². The molecular weight excluding hydrogens is 602 g/mol. The van der Waals surface area contributed by atoms with Gasteiger partial charge in [0.1, 0.15) is 6.04 Å². The van der Waals surface area contributed by atoms with Gasteiger partial charge in [0.2, 0.25) is 0 Å². The lowest BCUT2D eigenvalue weighted by Crippen LogP contribution is -2.47. The fraction of sp³-hybridized carbons (Fsp3) is 0.167. The summed E-state index contributed by atoms with van der Waals surface area (Å²) in [4.78, 5) is 78.8. The van der Waals surface area contributed by atoms with Crippen molar-refractivity contribution in [3.8, 4) is 0 Å². The van der Waals surface area contributed by atoms with E-state index in [1.807, 2.05) is 38.1 Å². The number of carbonyl (C=O) groups is 6. The topological polar surface area (TPSA) is 148 Å². The van der Waals surface area contributed by atoms with Gasteiger partial charge in [-0.3, -0.25) is 24.1 Å². The molecule has 4 aromatic carbocycles. The smallest absolute Gasteiger partial charge is 0.338 e. The minimum absolute atomic E-state index is 0.0216. The van der Waals surface area contributed by atoms with E-state index in [0.29, 0.717) is 16.9 Å². The molecule has 11 nitrogen and oxygen atoms in total. The highest BCUT2D eigenvalue weighted by molar-refractivity contribution is 6.23. The summed E-state index contributed by atoms with van der Waals surface area (Å²) in [6.07, 6.45) is -0.0737. The zero-order chi connectivity index (χ0) is 33.5. The van der Waals surface area contributed by atoms with Crippen molar-refractivity contribution in [3.63, 3.8) is 0 Å². The number of amides is 4. The minimum atomic E-state index is -1.40. The number of carbonyl (C=O) groups excluding carboxylic acids is 6. The Morgan fingerprint density at radius 3 is 1.77 bits per heavy atom. The highest BCUT2D eigenvalue weighted by atomic mass is 16.5. The molecule has 0 aromatic heterocycles. The van der Waals surface area contributed by atoms with Crippen LogP contribution < -0.4 is 10.6 Å². The highest BCUT2D eigenvalue weighted by Gasteiger charge is 2.44. The van der Waals surface area contributed by atoms with Gasteiger partial charge in [-0.2, -0.15) is 0 Å². The Morgan fingerprint density at radius 2 is 1.19 bits per heavy atom. The Balaban J connectivity index is 1.27. The van der Waals surface area contributed by atoms with Crippen LogP contribution in [0.3, 0.4) is 0 Å². The summed E-state index contributed by atoms with van der Waals surface area (Å²) < 4.78 is 10.4. The van der Waals surface area contributed by atoms with Crippen LogP contribution in [0.5, 0.6) is 0 Å². The summed E-state index contributed by atoms with van der Waals surface area (Å²) in [7, 11) is 0. The number of benzene rings is 4. The van der Waals surface area contributed by atoms with Crippen molar-refractivity contribution in [1.29, 1.82) is 0 Å². The molecule has 0 fully saturated rings. The molecule has 47 heavy (non-hydrogen) atoms. The maximum Gasteiger partial charge on any atom is 0.338 e. The molecule has 1 heterocycles. The molecule has 1 aliphatic rings. The molecule has 1 aliphatic heterocycles. The Labute approximate surface area is 270 Å².